The van der Waals surface area contributed by atoms with Crippen molar-refractivity contribution in [2.45, 2.75) is 44.9 Å². The molecule has 2 N–H and O–H groups in total. The summed E-state index contributed by atoms with van der Waals surface area (Å²) in [5.74, 6) is 0.870. The van der Waals surface area contributed by atoms with Crippen molar-refractivity contribution in [3.8, 4) is 11.5 Å². The van der Waals surface area contributed by atoms with Gasteiger partial charge < -0.3 is 20.1 Å². The highest BCUT2D eigenvalue weighted by atomic mass is 16.7. The Labute approximate surface area is 152 Å². The molecular weight excluding hydrogens is 332 g/mol. The highest BCUT2D eigenvalue weighted by Crippen LogP contribution is 2.47. The van der Waals surface area contributed by atoms with Gasteiger partial charge in [0.2, 0.25) is 18.6 Å². The minimum absolute atomic E-state index is 0.160. The van der Waals surface area contributed by atoms with E-state index < -0.39 is 5.41 Å². The molecule has 0 saturated heterocycles. The third kappa shape index (κ3) is 3.41. The maximum absolute atomic E-state index is 12.6. The van der Waals surface area contributed by atoms with E-state index in [0.717, 1.165) is 19.3 Å². The molecule has 6 nitrogen and oxygen atoms in total. The van der Waals surface area contributed by atoms with Crippen molar-refractivity contribution in [2.75, 3.05) is 18.7 Å². The van der Waals surface area contributed by atoms with Crippen LogP contribution in [-0.2, 0) is 9.59 Å². The Morgan fingerprint density at radius 3 is 2.69 bits per heavy atom. The summed E-state index contributed by atoms with van der Waals surface area (Å²) in [6, 6.07) is 5.24. The van der Waals surface area contributed by atoms with Gasteiger partial charge in [-0.05, 0) is 57.1 Å². The first-order valence-electron chi connectivity index (χ1n) is 9.35. The van der Waals surface area contributed by atoms with Crippen LogP contribution in [-0.4, -0.2) is 25.2 Å². The summed E-state index contributed by atoms with van der Waals surface area (Å²) in [7, 11) is 0. The Hall–Kier alpha value is -2.50. The summed E-state index contributed by atoms with van der Waals surface area (Å²) in [6.07, 6.45) is 9.13. The van der Waals surface area contributed by atoms with Crippen LogP contribution in [0.15, 0.2) is 29.8 Å². The lowest BCUT2D eigenvalue weighted by atomic mass is 9.97. The van der Waals surface area contributed by atoms with Gasteiger partial charge in [0.25, 0.3) is 0 Å². The molecule has 3 aliphatic rings. The molecule has 0 unspecified atom stereocenters. The molecule has 1 aromatic carbocycles. The predicted octanol–water partition coefficient (Wildman–Crippen LogP) is 3.14. The summed E-state index contributed by atoms with van der Waals surface area (Å²) < 4.78 is 10.6. The van der Waals surface area contributed by atoms with Crippen molar-refractivity contribution in [3.05, 3.63) is 29.8 Å². The first-order valence-corrected chi connectivity index (χ1v) is 9.35. The average Bonchev–Trinajstić information content (AvgIpc) is 3.35. The van der Waals surface area contributed by atoms with Crippen LogP contribution < -0.4 is 20.1 Å². The van der Waals surface area contributed by atoms with Crippen LogP contribution in [0.25, 0.3) is 0 Å². The fourth-order valence-corrected chi connectivity index (χ4v) is 3.54. The summed E-state index contributed by atoms with van der Waals surface area (Å²) in [5.41, 5.74) is 1.12. The van der Waals surface area contributed by atoms with E-state index in [9.17, 15) is 9.59 Å². The Morgan fingerprint density at radius 2 is 1.92 bits per heavy atom. The largest absolute Gasteiger partial charge is 0.454 e. The highest BCUT2D eigenvalue weighted by Gasteiger charge is 2.56. The smallest absolute Gasteiger partial charge is 0.240 e. The van der Waals surface area contributed by atoms with Gasteiger partial charge in [0.1, 0.15) is 5.41 Å². The molecule has 1 aromatic rings. The molecule has 138 valence electrons. The quantitative estimate of drug-likeness (QED) is 0.606. The number of carbonyl (C=O) groups is 2. The molecule has 26 heavy (non-hydrogen) atoms. The van der Waals surface area contributed by atoms with E-state index in [2.05, 4.69) is 16.7 Å². The molecule has 0 bridgehead atoms. The molecule has 2 aliphatic carbocycles. The first kappa shape index (κ1) is 16.9. The van der Waals surface area contributed by atoms with E-state index in [1.807, 2.05) is 0 Å². The van der Waals surface area contributed by atoms with Crippen LogP contribution in [0.1, 0.15) is 44.9 Å². The minimum Gasteiger partial charge on any atom is -0.454 e. The minimum atomic E-state index is -0.919. The van der Waals surface area contributed by atoms with Gasteiger partial charge in [-0.2, -0.15) is 0 Å². The Bertz CT molecular complexity index is 752. The Morgan fingerprint density at radius 1 is 1.08 bits per heavy atom. The molecule has 0 atom stereocenters. The number of hydrogen-bond acceptors (Lipinski definition) is 4. The monoisotopic (exact) mass is 356 g/mol. The number of nitrogens with one attached hydrogen (secondary N) is 2. The van der Waals surface area contributed by atoms with E-state index in [4.69, 9.17) is 9.47 Å². The molecular formula is C20H24N2O4. The fraction of sp³-hybridized carbons (Fsp3) is 0.500. The lowest BCUT2D eigenvalue weighted by Crippen LogP contribution is -2.40. The first-order chi connectivity index (χ1) is 12.7. The van der Waals surface area contributed by atoms with E-state index in [-0.39, 0.29) is 18.6 Å². The van der Waals surface area contributed by atoms with E-state index in [0.29, 0.717) is 36.6 Å². The standard InChI is InChI=1S/C20H24N2O4/c23-18(21-11-8-14-4-2-1-3-5-14)20(9-10-20)19(24)22-15-6-7-16-17(12-15)26-13-25-16/h4,6-7,12H,1-3,5,8-11,13H2,(H,21,23)(H,22,24). The van der Waals surface area contributed by atoms with Crippen LogP contribution in [0, 0.1) is 5.41 Å². The lowest BCUT2D eigenvalue weighted by molar-refractivity contribution is -0.134. The van der Waals surface area contributed by atoms with Crippen molar-refractivity contribution in [2.24, 2.45) is 5.41 Å². The van der Waals surface area contributed by atoms with E-state index in [1.54, 1.807) is 18.2 Å². The van der Waals surface area contributed by atoms with E-state index in [1.165, 1.54) is 18.4 Å². The van der Waals surface area contributed by atoms with Gasteiger partial charge in [-0.15, -0.1) is 0 Å². The number of ether oxygens (including phenoxy) is 2. The zero-order valence-electron chi connectivity index (χ0n) is 14.8. The van der Waals surface area contributed by atoms with Crippen molar-refractivity contribution in [1.29, 1.82) is 0 Å². The van der Waals surface area contributed by atoms with E-state index >= 15 is 0 Å². The molecule has 2 amide bonds. The van der Waals surface area contributed by atoms with Crippen LogP contribution in [0.5, 0.6) is 11.5 Å². The van der Waals surface area contributed by atoms with Crippen molar-refractivity contribution in [1.82, 2.24) is 5.32 Å². The second-order valence-corrected chi connectivity index (χ2v) is 7.22. The second kappa shape index (κ2) is 7.02. The average molecular weight is 356 g/mol. The molecule has 0 radical (unpaired) electrons. The van der Waals surface area contributed by atoms with Gasteiger partial charge in [0.05, 0.1) is 0 Å². The zero-order valence-corrected chi connectivity index (χ0v) is 14.8. The number of hydrogen-bond donors (Lipinski definition) is 2. The third-order valence-corrected chi connectivity index (χ3v) is 5.37. The SMILES string of the molecule is O=C(NCCC1=CCCCC1)C1(C(=O)Nc2ccc3c(c2)OCO3)CC1. The zero-order chi connectivity index (χ0) is 18.0. The Kier molecular flexibility index (Phi) is 4.57. The van der Waals surface area contributed by atoms with Gasteiger partial charge in [0, 0.05) is 18.3 Å². The molecule has 1 heterocycles. The third-order valence-electron chi connectivity index (χ3n) is 5.37. The maximum atomic E-state index is 12.6. The number of amides is 2. The van der Waals surface area contributed by atoms with Crippen molar-refractivity contribution >= 4 is 17.5 Å². The summed E-state index contributed by atoms with van der Waals surface area (Å²) in [4.78, 5) is 25.2. The van der Waals surface area contributed by atoms with Gasteiger partial charge >= 0.3 is 0 Å². The van der Waals surface area contributed by atoms with Gasteiger partial charge in [0.15, 0.2) is 11.5 Å². The molecule has 1 saturated carbocycles. The van der Waals surface area contributed by atoms with Crippen molar-refractivity contribution < 1.29 is 19.1 Å². The number of fused-ring (bicyclic) bond motifs is 1. The predicted molar refractivity (Wildman–Crippen MR) is 97.0 cm³/mol. The number of carbonyl (C=O) groups excluding carboxylic acids is 2. The molecule has 0 spiro atoms. The summed E-state index contributed by atoms with van der Waals surface area (Å²) >= 11 is 0. The summed E-state index contributed by atoms with van der Waals surface area (Å²) in [5, 5.41) is 5.80. The van der Waals surface area contributed by atoms with Crippen molar-refractivity contribution in [3.63, 3.8) is 0 Å². The topological polar surface area (TPSA) is 76.7 Å². The second-order valence-electron chi connectivity index (χ2n) is 7.22. The van der Waals surface area contributed by atoms with Gasteiger partial charge in [-0.3, -0.25) is 9.59 Å². The molecule has 4 rings (SSSR count). The normalized spacial score (nSPS) is 19.5. The molecule has 0 aromatic heterocycles. The lowest BCUT2D eigenvalue weighted by Gasteiger charge is -2.17. The van der Waals surface area contributed by atoms with Crippen LogP contribution in [0.2, 0.25) is 0 Å². The summed E-state index contributed by atoms with van der Waals surface area (Å²) in [6.45, 7) is 0.791. The van der Waals surface area contributed by atoms with Crippen LogP contribution in [0.3, 0.4) is 0 Å². The van der Waals surface area contributed by atoms with Crippen LogP contribution >= 0.6 is 0 Å². The number of allylic oxidation sites excluding steroid dienone is 1. The fourth-order valence-electron chi connectivity index (χ4n) is 3.54. The Balaban J connectivity index is 1.31. The molecule has 1 aliphatic heterocycles. The van der Waals surface area contributed by atoms with Gasteiger partial charge in [-0.25, -0.2) is 0 Å². The van der Waals surface area contributed by atoms with Gasteiger partial charge in [-0.1, -0.05) is 11.6 Å². The molecule has 6 heteroatoms. The number of benzene rings is 1. The molecule has 1 fully saturated rings. The number of rotatable bonds is 6. The van der Waals surface area contributed by atoms with Crippen LogP contribution in [0.4, 0.5) is 5.69 Å². The number of anilines is 1. The highest BCUT2D eigenvalue weighted by molar-refractivity contribution is 6.13. The maximum Gasteiger partial charge on any atom is 0.240 e.